The van der Waals surface area contributed by atoms with Gasteiger partial charge in [-0.2, -0.15) is 0 Å². The number of nitrogens with zero attached hydrogens (tertiary/aromatic N) is 2. The lowest BCUT2D eigenvalue weighted by atomic mass is 10.1. The van der Waals surface area contributed by atoms with Crippen molar-refractivity contribution in [3.63, 3.8) is 0 Å². The van der Waals surface area contributed by atoms with E-state index in [1.807, 2.05) is 20.8 Å². The SMILES string of the molecule is CCNC(=NCCNC(=O)C(C)C)NC1CCN(CC(F)F)CC1. The number of carbonyl (C=O) groups excluding carboxylic acids is 1. The predicted molar refractivity (Wildman–Crippen MR) is 92.4 cm³/mol. The number of rotatable bonds is 8. The average molecular weight is 347 g/mol. The van der Waals surface area contributed by atoms with Gasteiger partial charge in [0.15, 0.2) is 5.96 Å². The summed E-state index contributed by atoms with van der Waals surface area (Å²) in [5, 5.41) is 9.36. The number of hydrogen-bond acceptors (Lipinski definition) is 3. The van der Waals surface area contributed by atoms with Crippen molar-refractivity contribution in [1.82, 2.24) is 20.9 Å². The first-order valence-corrected chi connectivity index (χ1v) is 8.75. The van der Waals surface area contributed by atoms with Crippen LogP contribution in [0.4, 0.5) is 8.78 Å². The minimum Gasteiger partial charge on any atom is -0.357 e. The second kappa shape index (κ2) is 11.2. The van der Waals surface area contributed by atoms with Gasteiger partial charge in [0.25, 0.3) is 6.43 Å². The molecule has 0 unspecified atom stereocenters. The molecule has 0 aliphatic carbocycles. The van der Waals surface area contributed by atoms with Crippen LogP contribution in [0.3, 0.4) is 0 Å². The van der Waals surface area contributed by atoms with Gasteiger partial charge in [-0.3, -0.25) is 14.7 Å². The van der Waals surface area contributed by atoms with Gasteiger partial charge in [0, 0.05) is 38.1 Å². The Balaban J connectivity index is 2.35. The van der Waals surface area contributed by atoms with Gasteiger partial charge in [0.05, 0.1) is 13.1 Å². The van der Waals surface area contributed by atoms with Crippen molar-refractivity contribution in [2.75, 3.05) is 39.3 Å². The molecule has 0 aromatic carbocycles. The average Bonchev–Trinajstić information content (AvgIpc) is 2.52. The summed E-state index contributed by atoms with van der Waals surface area (Å²) in [5.41, 5.74) is 0. The molecule has 24 heavy (non-hydrogen) atoms. The molecule has 1 aliphatic rings. The molecule has 1 aliphatic heterocycles. The van der Waals surface area contributed by atoms with Crippen molar-refractivity contribution < 1.29 is 13.6 Å². The fraction of sp³-hybridized carbons (Fsp3) is 0.875. The lowest BCUT2D eigenvalue weighted by molar-refractivity contribution is -0.123. The number of amides is 1. The Kier molecular flexibility index (Phi) is 9.59. The van der Waals surface area contributed by atoms with E-state index < -0.39 is 6.43 Å². The van der Waals surface area contributed by atoms with Crippen LogP contribution in [0, 0.1) is 5.92 Å². The van der Waals surface area contributed by atoms with Crippen LogP contribution in [-0.2, 0) is 4.79 Å². The Hall–Kier alpha value is -1.44. The van der Waals surface area contributed by atoms with Gasteiger partial charge in [-0.15, -0.1) is 0 Å². The highest BCUT2D eigenvalue weighted by Gasteiger charge is 2.21. The second-order valence-electron chi connectivity index (χ2n) is 6.32. The van der Waals surface area contributed by atoms with E-state index in [0.29, 0.717) is 32.1 Å². The molecule has 0 radical (unpaired) electrons. The van der Waals surface area contributed by atoms with Gasteiger partial charge in [-0.05, 0) is 19.8 Å². The lowest BCUT2D eigenvalue weighted by Crippen LogP contribution is -2.49. The molecule has 140 valence electrons. The topological polar surface area (TPSA) is 68.8 Å². The molecule has 0 atom stereocenters. The Bertz CT molecular complexity index is 396. The second-order valence-corrected chi connectivity index (χ2v) is 6.32. The van der Waals surface area contributed by atoms with Crippen molar-refractivity contribution in [3.8, 4) is 0 Å². The summed E-state index contributed by atoms with van der Waals surface area (Å²) in [5.74, 6) is 0.705. The van der Waals surface area contributed by atoms with Gasteiger partial charge in [0.1, 0.15) is 0 Å². The van der Waals surface area contributed by atoms with Crippen LogP contribution >= 0.6 is 0 Å². The summed E-state index contributed by atoms with van der Waals surface area (Å²) in [4.78, 5) is 17.7. The number of piperidine rings is 1. The number of alkyl halides is 2. The van der Waals surface area contributed by atoms with Gasteiger partial charge >= 0.3 is 0 Å². The third-order valence-electron chi connectivity index (χ3n) is 3.87. The molecule has 8 heteroatoms. The first kappa shape index (κ1) is 20.6. The molecule has 0 aromatic rings. The van der Waals surface area contributed by atoms with Crippen LogP contribution < -0.4 is 16.0 Å². The minimum absolute atomic E-state index is 0.0227. The van der Waals surface area contributed by atoms with Crippen LogP contribution in [0.25, 0.3) is 0 Å². The molecule has 0 saturated carbocycles. The molecule has 6 nitrogen and oxygen atoms in total. The number of carbonyl (C=O) groups is 1. The number of nitrogens with one attached hydrogen (secondary N) is 3. The molecule has 0 spiro atoms. The first-order chi connectivity index (χ1) is 11.4. The number of aliphatic imine (C=N–C) groups is 1. The van der Waals surface area contributed by atoms with Crippen LogP contribution in [0.2, 0.25) is 0 Å². The van der Waals surface area contributed by atoms with Crippen molar-refractivity contribution in [3.05, 3.63) is 0 Å². The van der Waals surface area contributed by atoms with E-state index in [1.54, 1.807) is 4.90 Å². The maximum atomic E-state index is 12.4. The molecule has 1 saturated heterocycles. The maximum absolute atomic E-state index is 12.4. The Morgan fingerprint density at radius 3 is 2.46 bits per heavy atom. The van der Waals surface area contributed by atoms with Crippen LogP contribution in [0.15, 0.2) is 4.99 Å². The van der Waals surface area contributed by atoms with Gasteiger partial charge in [0.2, 0.25) is 5.91 Å². The quantitative estimate of drug-likeness (QED) is 0.349. The molecule has 3 N–H and O–H groups in total. The number of likely N-dealkylation sites (tertiary alicyclic amines) is 1. The Morgan fingerprint density at radius 1 is 1.25 bits per heavy atom. The predicted octanol–water partition coefficient (Wildman–Crippen LogP) is 1.04. The molecule has 0 bridgehead atoms. The van der Waals surface area contributed by atoms with E-state index in [4.69, 9.17) is 0 Å². The van der Waals surface area contributed by atoms with Gasteiger partial charge < -0.3 is 16.0 Å². The minimum atomic E-state index is -2.27. The first-order valence-electron chi connectivity index (χ1n) is 8.75. The van der Waals surface area contributed by atoms with Gasteiger partial charge in [-0.1, -0.05) is 13.8 Å². The van der Waals surface area contributed by atoms with E-state index in [9.17, 15) is 13.6 Å². The van der Waals surface area contributed by atoms with Crippen molar-refractivity contribution >= 4 is 11.9 Å². The largest absolute Gasteiger partial charge is 0.357 e. The van der Waals surface area contributed by atoms with Crippen LogP contribution in [0.5, 0.6) is 0 Å². The zero-order valence-corrected chi connectivity index (χ0v) is 14.9. The summed E-state index contributed by atoms with van der Waals surface area (Å²) in [7, 11) is 0. The zero-order valence-electron chi connectivity index (χ0n) is 14.9. The zero-order chi connectivity index (χ0) is 17.9. The third-order valence-corrected chi connectivity index (χ3v) is 3.87. The van der Waals surface area contributed by atoms with Crippen molar-refractivity contribution in [2.24, 2.45) is 10.9 Å². The van der Waals surface area contributed by atoms with E-state index in [0.717, 1.165) is 19.4 Å². The summed E-state index contributed by atoms with van der Waals surface area (Å²) in [6.07, 6.45) is -0.628. The lowest BCUT2D eigenvalue weighted by Gasteiger charge is -2.32. The maximum Gasteiger partial charge on any atom is 0.251 e. The Labute approximate surface area is 143 Å². The van der Waals surface area contributed by atoms with Crippen molar-refractivity contribution in [2.45, 2.75) is 46.1 Å². The fourth-order valence-electron chi connectivity index (χ4n) is 2.52. The smallest absolute Gasteiger partial charge is 0.251 e. The molecular weight excluding hydrogens is 316 g/mol. The van der Waals surface area contributed by atoms with E-state index >= 15 is 0 Å². The molecule has 1 amide bonds. The summed E-state index contributed by atoms with van der Waals surface area (Å²) < 4.78 is 24.8. The molecule has 1 heterocycles. The third kappa shape index (κ3) is 8.42. The standard InChI is InChI=1S/C16H31F2N5O/c1-4-19-16(21-8-7-20-15(24)12(2)3)22-13-5-9-23(10-6-13)11-14(17)18/h12-14H,4-11H2,1-3H3,(H,20,24)(H2,19,21,22). The molecular formula is C16H31F2N5O. The monoisotopic (exact) mass is 347 g/mol. The highest BCUT2D eigenvalue weighted by molar-refractivity contribution is 5.80. The molecule has 1 fully saturated rings. The summed E-state index contributed by atoms with van der Waals surface area (Å²) in [6, 6.07) is 0.238. The summed E-state index contributed by atoms with van der Waals surface area (Å²) in [6.45, 7) is 8.64. The highest BCUT2D eigenvalue weighted by atomic mass is 19.3. The molecule has 0 aromatic heterocycles. The number of guanidine groups is 1. The van der Waals surface area contributed by atoms with E-state index in [1.165, 1.54) is 0 Å². The number of hydrogen-bond donors (Lipinski definition) is 3. The number of halogens is 2. The van der Waals surface area contributed by atoms with Gasteiger partial charge in [-0.25, -0.2) is 8.78 Å². The highest BCUT2D eigenvalue weighted by Crippen LogP contribution is 2.11. The van der Waals surface area contributed by atoms with Crippen LogP contribution in [-0.4, -0.2) is 68.5 Å². The normalized spacial score (nSPS) is 17.4. The summed E-state index contributed by atoms with van der Waals surface area (Å²) >= 11 is 0. The van der Waals surface area contributed by atoms with E-state index in [-0.39, 0.29) is 24.4 Å². The Morgan fingerprint density at radius 2 is 1.92 bits per heavy atom. The van der Waals surface area contributed by atoms with E-state index in [2.05, 4.69) is 20.9 Å². The van der Waals surface area contributed by atoms with Crippen molar-refractivity contribution in [1.29, 1.82) is 0 Å². The molecule has 1 rings (SSSR count). The van der Waals surface area contributed by atoms with Crippen LogP contribution in [0.1, 0.15) is 33.6 Å². The fourth-order valence-corrected chi connectivity index (χ4v) is 2.52.